The molecule has 1 aliphatic rings. The summed E-state index contributed by atoms with van der Waals surface area (Å²) in [5.74, 6) is 0.985. The van der Waals surface area contributed by atoms with Gasteiger partial charge in [0.2, 0.25) is 0 Å². The van der Waals surface area contributed by atoms with Gasteiger partial charge in [-0.2, -0.15) is 0 Å². The fraction of sp³-hybridized carbons (Fsp3) is 0.316. The van der Waals surface area contributed by atoms with Crippen molar-refractivity contribution in [2.45, 2.75) is 23.5 Å². The van der Waals surface area contributed by atoms with Crippen LogP contribution in [0.15, 0.2) is 41.3 Å². The molecule has 0 spiro atoms. The lowest BCUT2D eigenvalue weighted by molar-refractivity contribution is 0.256. The number of nitrogens with zero attached hydrogens (tertiary/aromatic N) is 1. The predicted molar refractivity (Wildman–Crippen MR) is 107 cm³/mol. The van der Waals surface area contributed by atoms with E-state index in [9.17, 15) is 4.79 Å². The molecule has 1 heterocycles. The van der Waals surface area contributed by atoms with Crippen LogP contribution in [0.25, 0.3) is 0 Å². The van der Waals surface area contributed by atoms with Crippen molar-refractivity contribution in [1.29, 1.82) is 0 Å². The molecule has 0 saturated carbocycles. The van der Waals surface area contributed by atoms with Crippen LogP contribution in [0, 0.1) is 0 Å². The highest BCUT2D eigenvalue weighted by atomic mass is 35.5. The molecular weight excluding hydrogens is 372 g/mol. The Bertz CT molecular complexity index is 815. The summed E-state index contributed by atoms with van der Waals surface area (Å²) >= 11 is 8.02. The zero-order valence-corrected chi connectivity index (χ0v) is 16.5. The van der Waals surface area contributed by atoms with Gasteiger partial charge in [0, 0.05) is 22.8 Å². The van der Waals surface area contributed by atoms with E-state index in [0.29, 0.717) is 34.0 Å². The first-order valence-electron chi connectivity index (χ1n) is 8.33. The van der Waals surface area contributed by atoms with Gasteiger partial charge >= 0.3 is 6.03 Å². The van der Waals surface area contributed by atoms with E-state index in [1.807, 2.05) is 36.0 Å². The first kappa shape index (κ1) is 18.7. The van der Waals surface area contributed by atoms with Gasteiger partial charge in [-0.05, 0) is 24.6 Å². The average Bonchev–Trinajstić information content (AvgIpc) is 2.67. The molecule has 7 heteroatoms. The summed E-state index contributed by atoms with van der Waals surface area (Å²) in [5, 5.41) is 3.69. The van der Waals surface area contributed by atoms with Gasteiger partial charge in [0.05, 0.1) is 30.6 Å². The number of urea groups is 1. The van der Waals surface area contributed by atoms with Crippen LogP contribution in [0.1, 0.15) is 13.3 Å². The third kappa shape index (κ3) is 3.71. The van der Waals surface area contributed by atoms with E-state index in [1.165, 1.54) is 14.2 Å². The van der Waals surface area contributed by atoms with Crippen molar-refractivity contribution in [2.75, 3.05) is 31.0 Å². The van der Waals surface area contributed by atoms with Gasteiger partial charge < -0.3 is 14.8 Å². The Hall–Kier alpha value is -2.05. The summed E-state index contributed by atoms with van der Waals surface area (Å²) in [6, 6.07) is 11.0. The molecule has 0 radical (unpaired) electrons. The number of carbonyl (C=O) groups is 1. The molecule has 1 N–H and O–H groups in total. The number of rotatable bonds is 4. The van der Waals surface area contributed by atoms with Crippen molar-refractivity contribution in [3.8, 4) is 11.5 Å². The highest BCUT2D eigenvalue weighted by Crippen LogP contribution is 2.40. The van der Waals surface area contributed by atoms with Gasteiger partial charge in [0.25, 0.3) is 0 Å². The molecule has 3 rings (SSSR count). The fourth-order valence-corrected chi connectivity index (χ4v) is 4.29. The number of methoxy groups -OCH3 is 2. The summed E-state index contributed by atoms with van der Waals surface area (Å²) in [5.41, 5.74) is 1.42. The second kappa shape index (κ2) is 8.10. The Kier molecular flexibility index (Phi) is 5.84. The molecule has 0 saturated heterocycles. The molecule has 0 unspecified atom stereocenters. The standard InChI is InChI=1S/C19H21ClN2O3S/c1-4-12-11-22(15-7-5-6-8-18(15)26-12)19(23)21-14-9-13(20)16(24-2)10-17(14)25-3/h5-10,12H,4,11H2,1-3H3,(H,21,23)/t12-/m1/s1. The van der Waals surface area contributed by atoms with Crippen LogP contribution in [0.3, 0.4) is 0 Å². The molecule has 5 nitrogen and oxygen atoms in total. The van der Waals surface area contributed by atoms with Crippen LogP contribution in [0.5, 0.6) is 11.5 Å². The number of amides is 2. The number of carbonyl (C=O) groups excluding carboxylic acids is 1. The molecule has 26 heavy (non-hydrogen) atoms. The highest BCUT2D eigenvalue weighted by Gasteiger charge is 2.28. The second-order valence-corrected chi connectivity index (χ2v) is 7.59. The van der Waals surface area contributed by atoms with Gasteiger partial charge in [-0.1, -0.05) is 30.7 Å². The monoisotopic (exact) mass is 392 g/mol. The average molecular weight is 393 g/mol. The van der Waals surface area contributed by atoms with Crippen molar-refractivity contribution in [2.24, 2.45) is 0 Å². The zero-order valence-electron chi connectivity index (χ0n) is 14.9. The Morgan fingerprint density at radius 3 is 2.69 bits per heavy atom. The Labute approximate surface area is 162 Å². The molecule has 0 bridgehead atoms. The molecule has 1 atom stereocenters. The normalized spacial score (nSPS) is 16.0. The third-order valence-corrected chi connectivity index (χ3v) is 5.96. The smallest absolute Gasteiger partial charge is 0.326 e. The summed E-state index contributed by atoms with van der Waals surface area (Å²) in [7, 11) is 3.07. The molecule has 2 aromatic rings. The van der Waals surface area contributed by atoms with E-state index in [2.05, 4.69) is 12.2 Å². The van der Waals surface area contributed by atoms with Crippen molar-refractivity contribution >= 4 is 40.8 Å². The maximum atomic E-state index is 13.0. The number of thioether (sulfide) groups is 1. The number of nitrogens with one attached hydrogen (secondary N) is 1. The number of hydrogen-bond donors (Lipinski definition) is 1. The quantitative estimate of drug-likeness (QED) is 0.769. The highest BCUT2D eigenvalue weighted by molar-refractivity contribution is 8.00. The number of para-hydroxylation sites is 1. The van der Waals surface area contributed by atoms with Crippen molar-refractivity contribution in [1.82, 2.24) is 0 Å². The summed E-state index contributed by atoms with van der Waals surface area (Å²) in [6.45, 7) is 2.78. The molecule has 1 aliphatic heterocycles. The van der Waals surface area contributed by atoms with Crippen LogP contribution >= 0.6 is 23.4 Å². The van der Waals surface area contributed by atoms with Crippen LogP contribution in [0.4, 0.5) is 16.2 Å². The topological polar surface area (TPSA) is 50.8 Å². The SMILES string of the molecule is CC[C@@H]1CN(C(=O)Nc2cc(Cl)c(OC)cc2OC)c2ccccc2S1. The van der Waals surface area contributed by atoms with Gasteiger partial charge in [0.1, 0.15) is 11.5 Å². The van der Waals surface area contributed by atoms with Crippen LogP contribution in [-0.2, 0) is 0 Å². The van der Waals surface area contributed by atoms with E-state index in [4.69, 9.17) is 21.1 Å². The lowest BCUT2D eigenvalue weighted by Gasteiger charge is -2.33. The van der Waals surface area contributed by atoms with Crippen molar-refractivity contribution in [3.05, 3.63) is 41.4 Å². The van der Waals surface area contributed by atoms with Crippen LogP contribution in [0.2, 0.25) is 5.02 Å². The predicted octanol–water partition coefficient (Wildman–Crippen LogP) is 5.28. The Balaban J connectivity index is 1.90. The summed E-state index contributed by atoms with van der Waals surface area (Å²) in [4.78, 5) is 15.9. The molecule has 2 amide bonds. The summed E-state index contributed by atoms with van der Waals surface area (Å²) < 4.78 is 10.6. The molecule has 0 aromatic heterocycles. The minimum atomic E-state index is -0.212. The van der Waals surface area contributed by atoms with Crippen molar-refractivity contribution < 1.29 is 14.3 Å². The number of fused-ring (bicyclic) bond motifs is 1. The summed E-state index contributed by atoms with van der Waals surface area (Å²) in [6.07, 6.45) is 0.987. The number of halogens is 1. The van der Waals surface area contributed by atoms with Gasteiger partial charge in [-0.25, -0.2) is 4.79 Å². The molecule has 138 valence electrons. The van der Waals surface area contributed by atoms with E-state index in [0.717, 1.165) is 17.0 Å². The van der Waals surface area contributed by atoms with Gasteiger partial charge in [-0.15, -0.1) is 11.8 Å². The fourth-order valence-electron chi connectivity index (χ4n) is 2.84. The third-order valence-electron chi connectivity index (χ3n) is 4.25. The number of benzene rings is 2. The second-order valence-electron chi connectivity index (χ2n) is 5.84. The Morgan fingerprint density at radius 1 is 1.27 bits per heavy atom. The first-order chi connectivity index (χ1) is 12.6. The zero-order chi connectivity index (χ0) is 18.7. The largest absolute Gasteiger partial charge is 0.495 e. The molecule has 0 fully saturated rings. The lowest BCUT2D eigenvalue weighted by atomic mass is 10.2. The number of anilines is 2. The Morgan fingerprint density at radius 2 is 2.00 bits per heavy atom. The maximum Gasteiger partial charge on any atom is 0.326 e. The van der Waals surface area contributed by atoms with Crippen molar-refractivity contribution in [3.63, 3.8) is 0 Å². The lowest BCUT2D eigenvalue weighted by Crippen LogP contribution is -2.41. The minimum Gasteiger partial charge on any atom is -0.495 e. The van der Waals surface area contributed by atoms with Gasteiger partial charge in [-0.3, -0.25) is 4.90 Å². The number of ether oxygens (including phenoxy) is 2. The van der Waals surface area contributed by atoms with Gasteiger partial charge in [0.15, 0.2) is 0 Å². The van der Waals surface area contributed by atoms with E-state index in [1.54, 1.807) is 17.0 Å². The van der Waals surface area contributed by atoms with E-state index in [-0.39, 0.29) is 6.03 Å². The maximum absolute atomic E-state index is 13.0. The van der Waals surface area contributed by atoms with E-state index >= 15 is 0 Å². The first-order valence-corrected chi connectivity index (χ1v) is 9.58. The minimum absolute atomic E-state index is 0.212. The van der Waals surface area contributed by atoms with E-state index < -0.39 is 0 Å². The molecular formula is C19H21ClN2O3S. The number of hydrogen-bond acceptors (Lipinski definition) is 4. The van der Waals surface area contributed by atoms with Crippen LogP contribution < -0.4 is 19.7 Å². The van der Waals surface area contributed by atoms with Crippen LogP contribution in [-0.4, -0.2) is 32.0 Å². The molecule has 2 aromatic carbocycles. The molecule has 0 aliphatic carbocycles.